The highest BCUT2D eigenvalue weighted by molar-refractivity contribution is 7.16. The second-order valence-corrected chi connectivity index (χ2v) is 7.89. The maximum absolute atomic E-state index is 13.0. The molecule has 1 aliphatic heterocycles. The molecule has 1 aliphatic rings. The van der Waals surface area contributed by atoms with E-state index in [0.717, 1.165) is 21.5 Å². The maximum Gasteiger partial charge on any atom is 0.281 e. The number of carbonyl (C=O) groups excluding carboxylic acids is 1. The van der Waals surface area contributed by atoms with Gasteiger partial charge in [-0.3, -0.25) is 4.79 Å². The zero-order chi connectivity index (χ0) is 20.5. The van der Waals surface area contributed by atoms with Crippen molar-refractivity contribution in [1.29, 1.82) is 0 Å². The number of thiophene rings is 1. The highest BCUT2D eigenvalue weighted by atomic mass is 32.1. The van der Waals surface area contributed by atoms with Crippen LogP contribution in [0.15, 0.2) is 70.0 Å². The fraction of sp³-hybridized carbons (Fsp3) is 0.182. The largest absolute Gasteiger partial charge is 0.467 e. The predicted octanol–water partition coefficient (Wildman–Crippen LogP) is 4.35. The smallest absolute Gasteiger partial charge is 0.281 e. The van der Waals surface area contributed by atoms with Gasteiger partial charge in [-0.25, -0.2) is 15.0 Å². The number of fused-ring (bicyclic) bond motifs is 1. The number of amides is 1. The number of benzene rings is 1. The van der Waals surface area contributed by atoms with Crippen molar-refractivity contribution >= 4 is 33.2 Å². The number of furan rings is 1. The number of hydrazone groups is 1. The normalized spacial score (nSPS) is 16.1. The second kappa shape index (κ2) is 7.72. The van der Waals surface area contributed by atoms with Crippen LogP contribution < -0.4 is 4.74 Å². The quantitative estimate of drug-likeness (QED) is 0.481. The first kappa shape index (κ1) is 18.5. The number of hydrogen-bond acceptors (Lipinski definition) is 7. The van der Waals surface area contributed by atoms with Crippen molar-refractivity contribution in [2.45, 2.75) is 19.4 Å². The van der Waals surface area contributed by atoms with E-state index in [1.165, 1.54) is 28.2 Å². The van der Waals surface area contributed by atoms with Crippen LogP contribution in [-0.2, 0) is 4.79 Å². The second-order valence-electron chi connectivity index (χ2n) is 6.99. The first-order chi connectivity index (χ1) is 14.7. The molecule has 5 rings (SSSR count). The molecular weight excluding hydrogens is 400 g/mol. The van der Waals surface area contributed by atoms with Crippen molar-refractivity contribution in [3.63, 3.8) is 0 Å². The molecule has 0 aliphatic carbocycles. The molecule has 0 unspecified atom stereocenters. The van der Waals surface area contributed by atoms with Crippen molar-refractivity contribution in [2.24, 2.45) is 5.10 Å². The lowest BCUT2D eigenvalue weighted by Gasteiger charge is -2.19. The highest BCUT2D eigenvalue weighted by Gasteiger charge is 2.35. The molecule has 0 saturated heterocycles. The molecule has 1 amide bonds. The van der Waals surface area contributed by atoms with Crippen molar-refractivity contribution < 1.29 is 13.9 Å². The van der Waals surface area contributed by atoms with Gasteiger partial charge < -0.3 is 9.15 Å². The van der Waals surface area contributed by atoms with Crippen molar-refractivity contribution in [2.75, 3.05) is 6.61 Å². The Bertz CT molecular complexity index is 1210. The number of rotatable bonds is 5. The Kier molecular flexibility index (Phi) is 4.76. The zero-order valence-corrected chi connectivity index (χ0v) is 17.0. The van der Waals surface area contributed by atoms with Crippen LogP contribution >= 0.6 is 11.3 Å². The summed E-state index contributed by atoms with van der Waals surface area (Å²) in [5.41, 5.74) is 3.00. The number of hydrogen-bond donors (Lipinski definition) is 0. The minimum absolute atomic E-state index is 0.177. The molecule has 7 nitrogen and oxygen atoms in total. The summed E-state index contributed by atoms with van der Waals surface area (Å²) in [4.78, 5) is 22.2. The van der Waals surface area contributed by atoms with Crippen LogP contribution in [-0.4, -0.2) is 33.2 Å². The Labute approximate surface area is 176 Å². The molecule has 0 N–H and O–H groups in total. The summed E-state index contributed by atoms with van der Waals surface area (Å²) in [6.07, 6.45) is 3.62. The summed E-state index contributed by atoms with van der Waals surface area (Å²) >= 11 is 1.50. The van der Waals surface area contributed by atoms with Gasteiger partial charge in [-0.1, -0.05) is 29.8 Å². The molecule has 150 valence electrons. The summed E-state index contributed by atoms with van der Waals surface area (Å²) in [5.74, 6) is 0.822. The molecule has 0 spiro atoms. The Balaban J connectivity index is 1.39. The third-order valence-electron chi connectivity index (χ3n) is 4.98. The predicted molar refractivity (Wildman–Crippen MR) is 114 cm³/mol. The van der Waals surface area contributed by atoms with E-state index in [9.17, 15) is 4.79 Å². The van der Waals surface area contributed by atoms with E-state index in [1.807, 2.05) is 54.8 Å². The van der Waals surface area contributed by atoms with Crippen molar-refractivity contribution in [1.82, 2.24) is 15.0 Å². The minimum atomic E-state index is -0.307. The summed E-state index contributed by atoms with van der Waals surface area (Å²) in [6.45, 7) is 1.86. The van der Waals surface area contributed by atoms with E-state index in [-0.39, 0.29) is 18.6 Å². The molecule has 3 aromatic heterocycles. The molecule has 1 aromatic carbocycles. The van der Waals surface area contributed by atoms with E-state index >= 15 is 0 Å². The molecule has 1 atom stereocenters. The Morgan fingerprint density at radius 1 is 1.23 bits per heavy atom. The van der Waals surface area contributed by atoms with Gasteiger partial charge in [0.1, 0.15) is 23.0 Å². The summed E-state index contributed by atoms with van der Waals surface area (Å²) < 4.78 is 11.3. The minimum Gasteiger partial charge on any atom is -0.467 e. The van der Waals surface area contributed by atoms with Crippen molar-refractivity contribution in [3.8, 4) is 5.88 Å². The zero-order valence-electron chi connectivity index (χ0n) is 16.2. The number of nitrogens with zero attached hydrogens (tertiary/aromatic N) is 4. The number of aromatic nitrogens is 2. The first-order valence-electron chi connectivity index (χ1n) is 9.50. The number of aryl methyl sites for hydroxylation is 1. The van der Waals surface area contributed by atoms with Gasteiger partial charge in [0.25, 0.3) is 5.91 Å². The lowest BCUT2D eigenvalue weighted by molar-refractivity contribution is -0.135. The third kappa shape index (κ3) is 3.46. The van der Waals surface area contributed by atoms with Crippen molar-refractivity contribution in [3.05, 3.63) is 77.3 Å². The van der Waals surface area contributed by atoms with Gasteiger partial charge in [-0.15, -0.1) is 11.3 Å². The van der Waals surface area contributed by atoms with Gasteiger partial charge in [0.15, 0.2) is 6.61 Å². The topological polar surface area (TPSA) is 80.8 Å². The average Bonchev–Trinajstić information content (AvgIpc) is 3.52. The van der Waals surface area contributed by atoms with E-state index in [0.29, 0.717) is 18.1 Å². The Morgan fingerprint density at radius 2 is 2.10 bits per heavy atom. The Morgan fingerprint density at radius 3 is 2.90 bits per heavy atom. The number of ether oxygens (including phenoxy) is 1. The van der Waals surface area contributed by atoms with Gasteiger partial charge in [-0.2, -0.15) is 5.10 Å². The average molecular weight is 418 g/mol. The van der Waals surface area contributed by atoms with E-state index in [2.05, 4.69) is 15.1 Å². The van der Waals surface area contributed by atoms with Gasteiger partial charge in [0.2, 0.25) is 5.88 Å². The Hall–Kier alpha value is -3.52. The SMILES string of the molecule is Cc1ccc(C2=NN(C(=O)COc3ncnc4sccc34)[C@@H](c3ccco3)C2)cc1. The monoisotopic (exact) mass is 418 g/mol. The molecular formula is C22H18N4O3S. The summed E-state index contributed by atoms with van der Waals surface area (Å²) in [6, 6.07) is 13.4. The molecule has 4 heterocycles. The fourth-order valence-electron chi connectivity index (χ4n) is 3.44. The molecule has 0 bridgehead atoms. The van der Waals surface area contributed by atoms with Crippen LogP contribution in [0, 0.1) is 6.92 Å². The van der Waals surface area contributed by atoms with Crippen LogP contribution in [0.3, 0.4) is 0 Å². The maximum atomic E-state index is 13.0. The van der Waals surface area contributed by atoms with Gasteiger partial charge in [0.05, 0.1) is 17.4 Å². The molecule has 0 radical (unpaired) electrons. The summed E-state index contributed by atoms with van der Waals surface area (Å²) in [7, 11) is 0. The van der Waals surface area contributed by atoms with Gasteiger partial charge in [-0.05, 0) is 36.1 Å². The van der Waals surface area contributed by atoms with Crippen LogP contribution in [0.25, 0.3) is 10.2 Å². The fourth-order valence-corrected chi connectivity index (χ4v) is 4.17. The molecule has 30 heavy (non-hydrogen) atoms. The van der Waals surface area contributed by atoms with Crippen LogP contribution in [0.2, 0.25) is 0 Å². The lowest BCUT2D eigenvalue weighted by atomic mass is 10.0. The van der Waals surface area contributed by atoms with Crippen LogP contribution in [0.5, 0.6) is 5.88 Å². The van der Waals surface area contributed by atoms with Gasteiger partial charge >= 0.3 is 0 Å². The molecule has 0 saturated carbocycles. The lowest BCUT2D eigenvalue weighted by Crippen LogP contribution is -2.31. The molecule has 8 heteroatoms. The van der Waals surface area contributed by atoms with E-state index in [4.69, 9.17) is 9.15 Å². The first-order valence-corrected chi connectivity index (χ1v) is 10.4. The highest BCUT2D eigenvalue weighted by Crippen LogP contribution is 2.33. The van der Waals surface area contributed by atoms with E-state index in [1.54, 1.807) is 6.26 Å². The third-order valence-corrected chi connectivity index (χ3v) is 5.80. The summed E-state index contributed by atoms with van der Waals surface area (Å²) in [5, 5.41) is 8.79. The van der Waals surface area contributed by atoms with Crippen LogP contribution in [0.1, 0.15) is 29.3 Å². The van der Waals surface area contributed by atoms with Gasteiger partial charge in [0, 0.05) is 6.42 Å². The standard InChI is InChI=1S/C22H18N4O3S/c1-14-4-6-15(7-5-14)17-11-18(19-3-2-9-28-19)26(25-17)20(27)12-29-21-16-8-10-30-22(16)24-13-23-21/h2-10,13,18H,11-12H2,1H3/t18-/m1/s1. The van der Waals surface area contributed by atoms with Crippen LogP contribution in [0.4, 0.5) is 0 Å². The number of carbonyl (C=O) groups is 1. The molecule has 4 aromatic rings. The van der Waals surface area contributed by atoms with E-state index < -0.39 is 0 Å². The molecule has 0 fully saturated rings.